The Morgan fingerprint density at radius 1 is 1.35 bits per heavy atom. The molecule has 106 valence electrons. The normalized spacial score (nSPS) is 15.2. The van der Waals surface area contributed by atoms with E-state index in [1.165, 1.54) is 28.5 Å². The van der Waals surface area contributed by atoms with E-state index in [0.29, 0.717) is 0 Å². The number of carbonyl (C=O) groups is 1. The van der Waals surface area contributed by atoms with Crippen LogP contribution in [0.5, 0.6) is 0 Å². The number of rotatable bonds is 5. The van der Waals surface area contributed by atoms with E-state index in [-0.39, 0.29) is 11.8 Å². The van der Waals surface area contributed by atoms with Crippen LogP contribution in [-0.2, 0) is 17.6 Å². The Bertz CT molecular complexity index is 610. The summed E-state index contributed by atoms with van der Waals surface area (Å²) >= 11 is 0. The van der Waals surface area contributed by atoms with Gasteiger partial charge in [-0.25, -0.2) is 0 Å². The summed E-state index contributed by atoms with van der Waals surface area (Å²) < 4.78 is 0. The molecule has 1 aromatic carbocycles. The first-order chi connectivity index (χ1) is 9.79. The van der Waals surface area contributed by atoms with Crippen LogP contribution in [0.4, 0.5) is 0 Å². The van der Waals surface area contributed by atoms with Crippen LogP contribution >= 0.6 is 0 Å². The molecule has 1 fully saturated rings. The van der Waals surface area contributed by atoms with Crippen LogP contribution in [0.2, 0.25) is 0 Å². The second-order valence-corrected chi connectivity index (χ2v) is 5.68. The third-order valence-corrected chi connectivity index (χ3v) is 4.44. The monoisotopic (exact) mass is 270 g/mol. The highest BCUT2D eigenvalue weighted by molar-refractivity contribution is 5.86. The van der Waals surface area contributed by atoms with Gasteiger partial charge in [-0.3, -0.25) is 4.79 Å². The average molecular weight is 270 g/mol. The van der Waals surface area contributed by atoms with Crippen molar-refractivity contribution in [1.82, 2.24) is 10.3 Å². The molecule has 20 heavy (non-hydrogen) atoms. The van der Waals surface area contributed by atoms with Crippen LogP contribution in [0, 0.1) is 5.92 Å². The first-order valence-corrected chi connectivity index (χ1v) is 7.65. The minimum Gasteiger partial charge on any atom is -0.361 e. The van der Waals surface area contributed by atoms with E-state index in [0.717, 1.165) is 32.2 Å². The quantitative estimate of drug-likeness (QED) is 0.861. The predicted molar refractivity (Wildman–Crippen MR) is 81.7 cm³/mol. The molecule has 0 spiro atoms. The Hall–Kier alpha value is -1.77. The second kappa shape index (κ2) is 5.70. The number of benzene rings is 1. The second-order valence-electron chi connectivity index (χ2n) is 5.68. The van der Waals surface area contributed by atoms with E-state index in [2.05, 4.69) is 41.6 Å². The van der Waals surface area contributed by atoms with Gasteiger partial charge in [0.25, 0.3) is 0 Å². The number of hydrogen-bond donors (Lipinski definition) is 2. The van der Waals surface area contributed by atoms with E-state index in [1.54, 1.807) is 0 Å². The maximum absolute atomic E-state index is 11.8. The number of aromatic nitrogens is 1. The lowest BCUT2D eigenvalue weighted by molar-refractivity contribution is -0.127. The number of nitrogens with one attached hydrogen (secondary N) is 2. The van der Waals surface area contributed by atoms with E-state index in [4.69, 9.17) is 0 Å². The van der Waals surface area contributed by atoms with Crippen LogP contribution < -0.4 is 5.32 Å². The summed E-state index contributed by atoms with van der Waals surface area (Å²) in [7, 11) is 0. The average Bonchev–Trinajstić information content (AvgIpc) is 2.80. The molecule has 0 unspecified atom stereocenters. The zero-order chi connectivity index (χ0) is 13.9. The minimum atomic E-state index is 0.241. The molecule has 1 aliphatic rings. The molecular weight excluding hydrogens is 248 g/mol. The van der Waals surface area contributed by atoms with Crippen molar-refractivity contribution < 1.29 is 4.79 Å². The predicted octanol–water partition coefficient (Wildman–Crippen LogP) is 3.19. The van der Waals surface area contributed by atoms with Crippen molar-refractivity contribution in [3.05, 3.63) is 35.5 Å². The number of para-hydroxylation sites is 1. The van der Waals surface area contributed by atoms with Crippen LogP contribution in [0.1, 0.15) is 37.3 Å². The van der Waals surface area contributed by atoms with Gasteiger partial charge < -0.3 is 10.3 Å². The third kappa shape index (κ3) is 2.45. The van der Waals surface area contributed by atoms with Gasteiger partial charge in [0.15, 0.2) is 0 Å². The summed E-state index contributed by atoms with van der Waals surface area (Å²) in [6.45, 7) is 2.91. The van der Waals surface area contributed by atoms with Crippen molar-refractivity contribution in [2.45, 2.75) is 39.0 Å². The minimum absolute atomic E-state index is 0.241. The molecule has 0 atom stereocenters. The Labute approximate surface area is 119 Å². The lowest BCUT2D eigenvalue weighted by atomic mass is 9.85. The molecule has 1 saturated carbocycles. The smallest absolute Gasteiger partial charge is 0.223 e. The molecule has 3 heteroatoms. The van der Waals surface area contributed by atoms with Gasteiger partial charge in [-0.15, -0.1) is 0 Å². The summed E-state index contributed by atoms with van der Waals surface area (Å²) in [5, 5.41) is 4.36. The third-order valence-electron chi connectivity index (χ3n) is 4.44. The van der Waals surface area contributed by atoms with Gasteiger partial charge in [-0.1, -0.05) is 31.5 Å². The number of fused-ring (bicyclic) bond motifs is 1. The van der Waals surface area contributed by atoms with Gasteiger partial charge in [-0.05, 0) is 36.8 Å². The molecule has 3 rings (SSSR count). The number of H-pyrrole nitrogens is 1. The van der Waals surface area contributed by atoms with Gasteiger partial charge >= 0.3 is 0 Å². The lowest BCUT2D eigenvalue weighted by Gasteiger charge is -2.23. The zero-order valence-corrected chi connectivity index (χ0v) is 12.0. The number of amides is 1. The highest BCUT2D eigenvalue weighted by Gasteiger charge is 2.24. The van der Waals surface area contributed by atoms with Gasteiger partial charge in [0.2, 0.25) is 5.91 Å². The number of aryl methyl sites for hydroxylation is 1. The first-order valence-electron chi connectivity index (χ1n) is 7.65. The summed E-state index contributed by atoms with van der Waals surface area (Å²) in [5.74, 6) is 0.523. The van der Waals surface area contributed by atoms with Gasteiger partial charge in [0, 0.05) is 29.6 Å². The zero-order valence-electron chi connectivity index (χ0n) is 12.0. The SMILES string of the molecule is CCc1cccc2c(CCNC(=O)C3CCC3)c[nH]c12. The van der Waals surface area contributed by atoms with Crippen molar-refractivity contribution in [3.8, 4) is 0 Å². The maximum atomic E-state index is 11.8. The molecule has 1 amide bonds. The molecule has 0 radical (unpaired) electrons. The van der Waals surface area contributed by atoms with E-state index >= 15 is 0 Å². The van der Waals surface area contributed by atoms with Crippen LogP contribution in [-0.4, -0.2) is 17.4 Å². The van der Waals surface area contributed by atoms with E-state index < -0.39 is 0 Å². The highest BCUT2D eigenvalue weighted by Crippen LogP contribution is 2.26. The summed E-state index contributed by atoms with van der Waals surface area (Å²) in [6.07, 6.45) is 7.36. The highest BCUT2D eigenvalue weighted by atomic mass is 16.1. The Morgan fingerprint density at radius 2 is 2.20 bits per heavy atom. The van der Waals surface area contributed by atoms with Crippen molar-refractivity contribution in [2.24, 2.45) is 5.92 Å². The van der Waals surface area contributed by atoms with Gasteiger partial charge in [-0.2, -0.15) is 0 Å². The number of carbonyl (C=O) groups excluding carboxylic acids is 1. The number of hydrogen-bond acceptors (Lipinski definition) is 1. The van der Waals surface area contributed by atoms with Crippen LogP contribution in [0.3, 0.4) is 0 Å². The molecular formula is C17H22N2O. The molecule has 2 aromatic rings. The lowest BCUT2D eigenvalue weighted by Crippen LogP contribution is -2.35. The molecule has 0 saturated heterocycles. The fraction of sp³-hybridized carbons (Fsp3) is 0.471. The maximum Gasteiger partial charge on any atom is 0.223 e. The van der Waals surface area contributed by atoms with E-state index in [1.807, 2.05) is 0 Å². The largest absolute Gasteiger partial charge is 0.361 e. The van der Waals surface area contributed by atoms with Gasteiger partial charge in [0.1, 0.15) is 0 Å². The first kappa shape index (κ1) is 13.2. The molecule has 2 N–H and O–H groups in total. The summed E-state index contributed by atoms with van der Waals surface area (Å²) in [6, 6.07) is 6.44. The molecule has 1 aromatic heterocycles. The summed E-state index contributed by atoms with van der Waals surface area (Å²) in [4.78, 5) is 15.2. The number of aromatic amines is 1. The van der Waals surface area contributed by atoms with Gasteiger partial charge in [0.05, 0.1) is 0 Å². The van der Waals surface area contributed by atoms with Crippen molar-refractivity contribution >= 4 is 16.8 Å². The fourth-order valence-electron chi connectivity index (χ4n) is 2.91. The Kier molecular flexibility index (Phi) is 3.77. The van der Waals surface area contributed by atoms with Crippen LogP contribution in [0.25, 0.3) is 10.9 Å². The fourth-order valence-corrected chi connectivity index (χ4v) is 2.91. The molecule has 0 bridgehead atoms. The molecule has 0 aliphatic heterocycles. The summed E-state index contributed by atoms with van der Waals surface area (Å²) in [5.41, 5.74) is 3.90. The Balaban J connectivity index is 1.64. The standard InChI is InChI=1S/C17H22N2O/c1-2-12-5-4-8-15-14(11-19-16(12)15)9-10-18-17(20)13-6-3-7-13/h4-5,8,11,13,19H,2-3,6-7,9-10H2,1H3,(H,18,20). The topological polar surface area (TPSA) is 44.9 Å². The molecule has 1 heterocycles. The van der Waals surface area contributed by atoms with Crippen LogP contribution in [0.15, 0.2) is 24.4 Å². The van der Waals surface area contributed by atoms with Crippen molar-refractivity contribution in [2.75, 3.05) is 6.54 Å². The van der Waals surface area contributed by atoms with Crippen molar-refractivity contribution in [1.29, 1.82) is 0 Å². The van der Waals surface area contributed by atoms with Crippen molar-refractivity contribution in [3.63, 3.8) is 0 Å². The Morgan fingerprint density at radius 3 is 2.90 bits per heavy atom. The van der Waals surface area contributed by atoms with E-state index in [9.17, 15) is 4.79 Å². The molecule has 3 nitrogen and oxygen atoms in total. The molecule has 1 aliphatic carbocycles.